The molecule has 2 aromatic heterocycles. The smallest absolute Gasteiger partial charge is 0.266 e. The quantitative estimate of drug-likeness (QED) is 0.830. The average molecular weight is 349 g/mol. The van der Waals surface area contributed by atoms with Gasteiger partial charge in [0.1, 0.15) is 9.88 Å². The van der Waals surface area contributed by atoms with Crippen LogP contribution in [-0.4, -0.2) is 38.8 Å². The van der Waals surface area contributed by atoms with Crippen molar-refractivity contribution in [2.45, 2.75) is 31.7 Å². The number of hydrogen-bond donors (Lipinski definition) is 0. The molecule has 2 aromatic rings. The van der Waals surface area contributed by atoms with E-state index in [0.717, 1.165) is 10.6 Å². The summed E-state index contributed by atoms with van der Waals surface area (Å²) in [6.07, 6.45) is 5.21. The van der Waals surface area contributed by atoms with Gasteiger partial charge in [0.05, 0.1) is 6.20 Å². The number of alkyl halides is 2. The van der Waals surface area contributed by atoms with Gasteiger partial charge in [-0.1, -0.05) is 0 Å². The Hall–Kier alpha value is -1.89. The first-order chi connectivity index (χ1) is 11.3. The van der Waals surface area contributed by atoms with Gasteiger partial charge in [-0.15, -0.1) is 11.3 Å². The molecular weight excluding hydrogens is 332 g/mol. The molecule has 0 radical (unpaired) electrons. The van der Waals surface area contributed by atoms with Crippen LogP contribution in [0.5, 0.6) is 0 Å². The predicted molar refractivity (Wildman–Crippen MR) is 87.0 cm³/mol. The molecule has 126 valence electrons. The van der Waals surface area contributed by atoms with Crippen molar-refractivity contribution in [2.75, 3.05) is 6.54 Å². The molecule has 1 aliphatic heterocycles. The number of rotatable bonds is 2. The third kappa shape index (κ3) is 2.33. The molecule has 2 aliphatic rings. The molecular formula is C17H17F2N3OS. The Morgan fingerprint density at radius 1 is 1.29 bits per heavy atom. The van der Waals surface area contributed by atoms with Crippen molar-refractivity contribution in [2.24, 2.45) is 11.8 Å². The van der Waals surface area contributed by atoms with E-state index < -0.39 is 23.3 Å². The van der Waals surface area contributed by atoms with Gasteiger partial charge in [-0.2, -0.15) is 0 Å². The highest BCUT2D eigenvalue weighted by Gasteiger charge is 2.72. The predicted octanol–water partition coefficient (Wildman–Crippen LogP) is 3.71. The lowest BCUT2D eigenvalue weighted by Crippen LogP contribution is -2.51. The van der Waals surface area contributed by atoms with Gasteiger partial charge in [-0.05, 0) is 32.4 Å². The molecule has 1 aliphatic carbocycles. The van der Waals surface area contributed by atoms with Crippen LogP contribution in [0.3, 0.4) is 0 Å². The van der Waals surface area contributed by atoms with Crippen molar-refractivity contribution in [3.05, 3.63) is 35.6 Å². The van der Waals surface area contributed by atoms with Crippen LogP contribution in [-0.2, 0) is 0 Å². The molecule has 4 nitrogen and oxygen atoms in total. The Morgan fingerprint density at radius 2 is 2.00 bits per heavy atom. The maximum absolute atomic E-state index is 13.8. The number of carbonyl (C=O) groups excluding carboxylic acids is 1. The monoisotopic (exact) mass is 349 g/mol. The summed E-state index contributed by atoms with van der Waals surface area (Å²) in [4.78, 5) is 23.2. The van der Waals surface area contributed by atoms with Crippen LogP contribution < -0.4 is 0 Å². The Morgan fingerprint density at radius 3 is 2.71 bits per heavy atom. The summed E-state index contributed by atoms with van der Waals surface area (Å²) in [5.41, 5.74) is 0.319. The van der Waals surface area contributed by atoms with Gasteiger partial charge in [0.2, 0.25) is 0 Å². The summed E-state index contributed by atoms with van der Waals surface area (Å²) in [6.45, 7) is 3.84. The summed E-state index contributed by atoms with van der Waals surface area (Å²) in [7, 11) is 0. The van der Waals surface area contributed by atoms with E-state index >= 15 is 0 Å². The minimum atomic E-state index is -2.62. The minimum Gasteiger partial charge on any atom is -0.332 e. The molecule has 2 atom stereocenters. The summed E-state index contributed by atoms with van der Waals surface area (Å²) in [5, 5.41) is 0.727. The van der Waals surface area contributed by atoms with Crippen LogP contribution >= 0.6 is 11.3 Å². The van der Waals surface area contributed by atoms with Gasteiger partial charge in [0.15, 0.2) is 0 Å². The Kier molecular flexibility index (Phi) is 3.29. The number of thiazole rings is 1. The SMILES string of the molecule is CC1(C)CC2C(CN1C(=O)c1cnc(-c3ccncc3)s1)C2(F)F. The number of nitrogens with zero attached hydrogens (tertiary/aromatic N) is 3. The van der Waals surface area contributed by atoms with Crippen LogP contribution in [0.2, 0.25) is 0 Å². The average Bonchev–Trinajstić information content (AvgIpc) is 2.93. The number of halogens is 2. The number of likely N-dealkylation sites (tertiary alicyclic amines) is 1. The number of aromatic nitrogens is 2. The van der Waals surface area contributed by atoms with Crippen molar-refractivity contribution in [3.63, 3.8) is 0 Å². The third-order valence-corrected chi connectivity index (χ3v) is 6.12. The van der Waals surface area contributed by atoms with Crippen molar-refractivity contribution >= 4 is 17.2 Å². The van der Waals surface area contributed by atoms with Crippen molar-refractivity contribution in [1.29, 1.82) is 0 Å². The third-order valence-electron chi connectivity index (χ3n) is 5.08. The normalized spacial score (nSPS) is 26.8. The topological polar surface area (TPSA) is 46.1 Å². The fourth-order valence-corrected chi connectivity index (χ4v) is 4.44. The maximum atomic E-state index is 13.8. The van der Waals surface area contributed by atoms with Gasteiger partial charge in [0, 0.05) is 41.9 Å². The summed E-state index contributed by atoms with van der Waals surface area (Å²) >= 11 is 1.29. The van der Waals surface area contributed by atoms with Crippen molar-refractivity contribution in [3.8, 4) is 10.6 Å². The highest BCUT2D eigenvalue weighted by molar-refractivity contribution is 7.16. The fraction of sp³-hybridized carbons (Fsp3) is 0.471. The molecule has 0 aromatic carbocycles. The van der Waals surface area contributed by atoms with E-state index in [-0.39, 0.29) is 12.5 Å². The number of carbonyl (C=O) groups is 1. The Labute approximate surface area is 142 Å². The molecule has 2 unspecified atom stereocenters. The fourth-order valence-electron chi connectivity index (χ4n) is 3.57. The number of hydrogen-bond acceptors (Lipinski definition) is 4. The maximum Gasteiger partial charge on any atom is 0.266 e. The first-order valence-corrected chi connectivity index (χ1v) is 8.68. The summed E-state index contributed by atoms with van der Waals surface area (Å²) < 4.78 is 27.5. The van der Waals surface area contributed by atoms with Crippen LogP contribution in [0.4, 0.5) is 8.78 Å². The number of fused-ring (bicyclic) bond motifs is 1. The number of piperidine rings is 1. The van der Waals surface area contributed by atoms with E-state index in [0.29, 0.717) is 11.3 Å². The van der Waals surface area contributed by atoms with Crippen LogP contribution in [0.1, 0.15) is 29.9 Å². The Balaban J connectivity index is 1.59. The van der Waals surface area contributed by atoms with Gasteiger partial charge in [-0.25, -0.2) is 13.8 Å². The second-order valence-electron chi connectivity index (χ2n) is 7.09. The molecule has 24 heavy (non-hydrogen) atoms. The van der Waals surface area contributed by atoms with Crippen LogP contribution in [0.15, 0.2) is 30.7 Å². The highest BCUT2D eigenvalue weighted by atomic mass is 32.1. The van der Waals surface area contributed by atoms with Crippen molar-refractivity contribution < 1.29 is 13.6 Å². The van der Waals surface area contributed by atoms with Gasteiger partial charge < -0.3 is 4.90 Å². The lowest BCUT2D eigenvalue weighted by molar-refractivity contribution is 0.0416. The lowest BCUT2D eigenvalue weighted by atomic mass is 9.90. The molecule has 0 spiro atoms. The van der Waals surface area contributed by atoms with E-state index in [2.05, 4.69) is 9.97 Å². The minimum absolute atomic E-state index is 0.117. The number of amides is 1. The standard InChI is InChI=1S/C17H17F2N3OS/c1-16(2)7-11-12(17(11,18)19)9-22(16)15(23)13-8-21-14(24-13)10-3-5-20-6-4-10/h3-6,8,11-12H,7,9H2,1-2H3. The van der Waals surface area contributed by atoms with E-state index in [1.165, 1.54) is 17.5 Å². The van der Waals surface area contributed by atoms with E-state index in [1.54, 1.807) is 17.3 Å². The molecule has 4 rings (SSSR count). The molecule has 1 amide bonds. The highest BCUT2D eigenvalue weighted by Crippen LogP contribution is 2.62. The summed E-state index contributed by atoms with van der Waals surface area (Å²) in [6, 6.07) is 3.65. The van der Waals surface area contributed by atoms with E-state index in [9.17, 15) is 13.6 Å². The van der Waals surface area contributed by atoms with Crippen molar-refractivity contribution in [1.82, 2.24) is 14.9 Å². The van der Waals surface area contributed by atoms with Crippen LogP contribution in [0.25, 0.3) is 10.6 Å². The molecule has 1 saturated carbocycles. The Bertz CT molecular complexity index is 790. The molecule has 1 saturated heterocycles. The molecule has 2 fully saturated rings. The van der Waals surface area contributed by atoms with Crippen LogP contribution in [0, 0.1) is 11.8 Å². The van der Waals surface area contributed by atoms with E-state index in [4.69, 9.17) is 0 Å². The van der Waals surface area contributed by atoms with Gasteiger partial charge in [-0.3, -0.25) is 9.78 Å². The largest absolute Gasteiger partial charge is 0.332 e. The van der Waals surface area contributed by atoms with Gasteiger partial charge in [0.25, 0.3) is 11.8 Å². The molecule has 0 bridgehead atoms. The molecule has 3 heterocycles. The second kappa shape index (κ2) is 5.05. The summed E-state index contributed by atoms with van der Waals surface area (Å²) in [5.74, 6) is -4.10. The zero-order valence-electron chi connectivity index (χ0n) is 13.4. The first kappa shape index (κ1) is 15.6. The van der Waals surface area contributed by atoms with E-state index in [1.807, 2.05) is 26.0 Å². The van der Waals surface area contributed by atoms with Gasteiger partial charge >= 0.3 is 0 Å². The molecule has 7 heteroatoms. The second-order valence-corrected chi connectivity index (χ2v) is 8.12. The first-order valence-electron chi connectivity index (χ1n) is 7.87. The molecule has 0 N–H and O–H groups in total. The zero-order valence-corrected chi connectivity index (χ0v) is 14.2. The number of pyridine rings is 1. The lowest BCUT2D eigenvalue weighted by Gasteiger charge is -2.41. The zero-order chi connectivity index (χ0) is 17.1.